The second-order valence-electron chi connectivity index (χ2n) is 8.61. The molecule has 0 aromatic heterocycles. The summed E-state index contributed by atoms with van der Waals surface area (Å²) < 4.78 is 5.92. The van der Waals surface area contributed by atoms with Gasteiger partial charge in [-0.05, 0) is 56.0 Å². The Balaban J connectivity index is 1.91. The van der Waals surface area contributed by atoms with Gasteiger partial charge < -0.3 is 15.0 Å². The number of hydrogen-bond donors (Lipinski definition) is 1. The zero-order valence-corrected chi connectivity index (χ0v) is 20.5. The quantitative estimate of drug-likeness (QED) is 0.476. The Labute approximate surface area is 202 Å². The van der Waals surface area contributed by atoms with Crippen LogP contribution in [0.3, 0.4) is 0 Å². The molecule has 0 aliphatic carbocycles. The van der Waals surface area contributed by atoms with Crippen molar-refractivity contribution < 1.29 is 14.3 Å². The van der Waals surface area contributed by atoms with Crippen LogP contribution in [-0.2, 0) is 22.6 Å². The molecule has 3 aromatic carbocycles. The van der Waals surface area contributed by atoms with Gasteiger partial charge in [0.15, 0.2) is 6.61 Å². The normalized spacial score (nSPS) is 11.5. The lowest BCUT2D eigenvalue weighted by atomic mass is 10.0. The maximum absolute atomic E-state index is 13.6. The van der Waals surface area contributed by atoms with Gasteiger partial charge in [-0.1, -0.05) is 72.3 Å². The number of carbonyl (C=O) groups excluding carboxylic acids is 2. The van der Waals surface area contributed by atoms with Gasteiger partial charge in [-0.15, -0.1) is 0 Å². The van der Waals surface area contributed by atoms with E-state index in [-0.39, 0.29) is 18.4 Å². The maximum Gasteiger partial charge on any atom is 0.261 e. The second-order valence-corrected chi connectivity index (χ2v) is 8.61. The Morgan fingerprint density at radius 1 is 0.912 bits per heavy atom. The lowest BCUT2D eigenvalue weighted by Crippen LogP contribution is -2.51. The molecule has 5 nitrogen and oxygen atoms in total. The van der Waals surface area contributed by atoms with Crippen LogP contribution in [0.1, 0.15) is 34.7 Å². The largest absolute Gasteiger partial charge is 0.483 e. The van der Waals surface area contributed by atoms with E-state index in [0.717, 1.165) is 27.8 Å². The van der Waals surface area contributed by atoms with E-state index in [9.17, 15) is 9.59 Å². The van der Waals surface area contributed by atoms with E-state index in [1.54, 1.807) is 4.90 Å². The van der Waals surface area contributed by atoms with E-state index >= 15 is 0 Å². The Hall–Kier alpha value is -3.60. The van der Waals surface area contributed by atoms with Crippen molar-refractivity contribution in [3.05, 3.63) is 101 Å². The number of carbonyl (C=O) groups is 2. The van der Waals surface area contributed by atoms with E-state index in [1.165, 1.54) is 0 Å². The predicted molar refractivity (Wildman–Crippen MR) is 136 cm³/mol. The van der Waals surface area contributed by atoms with E-state index < -0.39 is 6.04 Å². The highest BCUT2D eigenvalue weighted by atomic mass is 16.5. The minimum Gasteiger partial charge on any atom is -0.483 e. The minimum absolute atomic E-state index is 0.138. The number of benzene rings is 3. The minimum atomic E-state index is -0.655. The maximum atomic E-state index is 13.6. The van der Waals surface area contributed by atoms with E-state index in [2.05, 4.69) is 5.32 Å². The van der Waals surface area contributed by atoms with Crippen molar-refractivity contribution in [2.24, 2.45) is 0 Å². The van der Waals surface area contributed by atoms with Crippen molar-refractivity contribution in [3.63, 3.8) is 0 Å². The van der Waals surface area contributed by atoms with Crippen LogP contribution in [0, 0.1) is 20.8 Å². The number of amides is 2. The molecular weight excluding hydrogens is 424 g/mol. The number of likely N-dealkylation sites (N-methyl/N-ethyl adjacent to an activating group) is 1. The number of ether oxygens (including phenoxy) is 1. The molecule has 0 bridgehead atoms. The van der Waals surface area contributed by atoms with Gasteiger partial charge in [-0.3, -0.25) is 9.59 Å². The molecule has 1 N–H and O–H groups in total. The van der Waals surface area contributed by atoms with Crippen LogP contribution in [0.2, 0.25) is 0 Å². The standard InChI is InChI=1S/C29H34N2O3/c1-5-30-29(33)26(18-24-12-7-6-8-13-24)31(19-25-14-10-9-11-22(25)3)28(32)20-34-27-16-15-21(2)17-23(27)4/h6-17,26H,5,18-20H2,1-4H3,(H,30,33)/t26-/m1/s1. The summed E-state index contributed by atoms with van der Waals surface area (Å²) in [7, 11) is 0. The van der Waals surface area contributed by atoms with Gasteiger partial charge in [0.2, 0.25) is 5.91 Å². The van der Waals surface area contributed by atoms with E-state index in [4.69, 9.17) is 4.74 Å². The average molecular weight is 459 g/mol. The zero-order chi connectivity index (χ0) is 24.5. The van der Waals surface area contributed by atoms with Crippen LogP contribution in [0.25, 0.3) is 0 Å². The number of nitrogens with one attached hydrogen (secondary N) is 1. The summed E-state index contributed by atoms with van der Waals surface area (Å²) in [4.78, 5) is 28.4. The molecule has 0 unspecified atom stereocenters. The summed E-state index contributed by atoms with van der Waals surface area (Å²) in [5.41, 5.74) is 5.19. The third-order valence-electron chi connectivity index (χ3n) is 5.91. The van der Waals surface area contributed by atoms with Crippen molar-refractivity contribution in [2.75, 3.05) is 13.2 Å². The van der Waals surface area contributed by atoms with Crippen LogP contribution in [0.5, 0.6) is 5.75 Å². The first-order chi connectivity index (χ1) is 16.4. The number of aryl methyl sites for hydroxylation is 3. The fourth-order valence-electron chi connectivity index (χ4n) is 4.00. The van der Waals surface area contributed by atoms with Crippen molar-refractivity contribution in [3.8, 4) is 5.75 Å². The summed E-state index contributed by atoms with van der Waals surface area (Å²) in [6.07, 6.45) is 0.424. The molecule has 3 aromatic rings. The molecule has 0 aliphatic heterocycles. The first-order valence-corrected chi connectivity index (χ1v) is 11.7. The van der Waals surface area contributed by atoms with E-state index in [1.807, 2.05) is 100 Å². The Bertz CT molecular complexity index is 1110. The van der Waals surface area contributed by atoms with Crippen molar-refractivity contribution >= 4 is 11.8 Å². The Morgan fingerprint density at radius 3 is 2.29 bits per heavy atom. The predicted octanol–water partition coefficient (Wildman–Crippen LogP) is 4.77. The lowest BCUT2D eigenvalue weighted by molar-refractivity contribution is -0.142. The molecular formula is C29H34N2O3. The number of rotatable bonds is 10. The zero-order valence-electron chi connectivity index (χ0n) is 20.5. The Kier molecular flexibility index (Phi) is 8.86. The molecule has 0 saturated carbocycles. The Morgan fingerprint density at radius 2 is 1.62 bits per heavy atom. The lowest BCUT2D eigenvalue weighted by Gasteiger charge is -2.32. The molecule has 5 heteroatoms. The number of hydrogen-bond acceptors (Lipinski definition) is 3. The molecule has 34 heavy (non-hydrogen) atoms. The van der Waals surface area contributed by atoms with Crippen molar-refractivity contribution in [2.45, 2.75) is 46.7 Å². The average Bonchev–Trinajstić information content (AvgIpc) is 2.82. The summed E-state index contributed by atoms with van der Waals surface area (Å²) in [5, 5.41) is 2.92. The third-order valence-corrected chi connectivity index (χ3v) is 5.91. The summed E-state index contributed by atoms with van der Waals surface area (Å²) in [6.45, 7) is 8.57. The molecule has 3 rings (SSSR count). The van der Waals surface area contributed by atoms with Gasteiger partial charge in [0.25, 0.3) is 5.91 Å². The van der Waals surface area contributed by atoms with Crippen LogP contribution < -0.4 is 10.1 Å². The molecule has 0 saturated heterocycles. The fourth-order valence-corrected chi connectivity index (χ4v) is 4.00. The van der Waals surface area contributed by atoms with Gasteiger partial charge >= 0.3 is 0 Å². The molecule has 2 amide bonds. The smallest absolute Gasteiger partial charge is 0.261 e. The van der Waals surface area contributed by atoms with Gasteiger partial charge in [0.1, 0.15) is 11.8 Å². The molecule has 0 aliphatic rings. The van der Waals surface area contributed by atoms with Gasteiger partial charge in [0, 0.05) is 19.5 Å². The summed E-state index contributed by atoms with van der Waals surface area (Å²) in [6, 6.07) is 23.0. The molecule has 1 atom stereocenters. The fraction of sp³-hybridized carbons (Fsp3) is 0.310. The molecule has 0 heterocycles. The highest BCUT2D eigenvalue weighted by Crippen LogP contribution is 2.20. The van der Waals surface area contributed by atoms with Crippen molar-refractivity contribution in [1.29, 1.82) is 0 Å². The van der Waals surface area contributed by atoms with Crippen LogP contribution in [0.4, 0.5) is 0 Å². The van der Waals surface area contributed by atoms with Crippen LogP contribution in [0.15, 0.2) is 72.8 Å². The molecule has 178 valence electrons. The third kappa shape index (κ3) is 6.70. The van der Waals surface area contributed by atoms with Gasteiger partial charge in [-0.25, -0.2) is 0 Å². The molecule has 0 spiro atoms. The van der Waals surface area contributed by atoms with Crippen LogP contribution in [-0.4, -0.2) is 35.9 Å². The van der Waals surface area contributed by atoms with Gasteiger partial charge in [0.05, 0.1) is 0 Å². The summed E-state index contributed by atoms with van der Waals surface area (Å²) in [5.74, 6) is 0.280. The first-order valence-electron chi connectivity index (χ1n) is 11.7. The van der Waals surface area contributed by atoms with Crippen molar-refractivity contribution in [1.82, 2.24) is 10.2 Å². The summed E-state index contributed by atoms with van der Waals surface area (Å²) >= 11 is 0. The topological polar surface area (TPSA) is 58.6 Å². The highest BCUT2D eigenvalue weighted by molar-refractivity contribution is 5.88. The highest BCUT2D eigenvalue weighted by Gasteiger charge is 2.30. The molecule has 0 radical (unpaired) electrons. The van der Waals surface area contributed by atoms with E-state index in [0.29, 0.717) is 25.3 Å². The SMILES string of the molecule is CCNC(=O)[C@@H](Cc1ccccc1)N(Cc1ccccc1C)C(=O)COc1ccc(C)cc1C. The van der Waals surface area contributed by atoms with Gasteiger partial charge in [-0.2, -0.15) is 0 Å². The monoisotopic (exact) mass is 458 g/mol. The first kappa shape index (κ1) is 25.0. The van der Waals surface area contributed by atoms with Crippen LogP contribution >= 0.6 is 0 Å². The molecule has 0 fully saturated rings. The number of nitrogens with zero attached hydrogens (tertiary/aromatic N) is 1. The second kappa shape index (κ2) is 12.0.